The van der Waals surface area contributed by atoms with E-state index in [2.05, 4.69) is 15.0 Å². The van der Waals surface area contributed by atoms with Crippen molar-refractivity contribution in [3.63, 3.8) is 0 Å². The molecule has 0 amide bonds. The minimum absolute atomic E-state index is 0.0234. The molecule has 0 aliphatic carbocycles. The first-order chi connectivity index (χ1) is 10.0. The van der Waals surface area contributed by atoms with Crippen LogP contribution in [0, 0.1) is 0 Å². The van der Waals surface area contributed by atoms with E-state index in [4.69, 9.17) is 0 Å². The van der Waals surface area contributed by atoms with Gasteiger partial charge >= 0.3 is 6.18 Å². The fraction of sp³-hybridized carbons (Fsp3) is 0.0667. The number of para-hydroxylation sites is 3. The number of hydrogen-bond donors (Lipinski definition) is 1. The number of fused-ring (bicyclic) bond motifs is 4. The molecule has 4 rings (SSSR count). The van der Waals surface area contributed by atoms with E-state index in [0.29, 0.717) is 27.6 Å². The largest absolute Gasteiger partial charge is 0.418 e. The first kappa shape index (κ1) is 12.1. The Morgan fingerprint density at radius 1 is 0.857 bits per heavy atom. The normalized spacial score (nSPS) is 12.5. The molecule has 0 aliphatic rings. The van der Waals surface area contributed by atoms with Crippen molar-refractivity contribution in [2.75, 3.05) is 0 Å². The summed E-state index contributed by atoms with van der Waals surface area (Å²) >= 11 is 0. The zero-order valence-corrected chi connectivity index (χ0v) is 10.6. The molecule has 104 valence electrons. The molecule has 0 saturated carbocycles. The van der Waals surface area contributed by atoms with Crippen LogP contribution in [0.25, 0.3) is 33.1 Å². The predicted octanol–water partition coefficient (Wildman–Crippen LogP) is 4.28. The number of aromatic nitrogens is 3. The Kier molecular flexibility index (Phi) is 2.28. The van der Waals surface area contributed by atoms with Crippen molar-refractivity contribution in [1.82, 2.24) is 15.0 Å². The fourth-order valence-corrected chi connectivity index (χ4v) is 2.51. The van der Waals surface area contributed by atoms with Gasteiger partial charge in [0.05, 0.1) is 22.1 Å². The van der Waals surface area contributed by atoms with Crippen molar-refractivity contribution in [1.29, 1.82) is 0 Å². The summed E-state index contributed by atoms with van der Waals surface area (Å²) in [5.74, 6) is 0. The summed E-state index contributed by atoms with van der Waals surface area (Å²) in [6.07, 6.45) is -4.42. The van der Waals surface area contributed by atoms with Crippen molar-refractivity contribution >= 4 is 33.1 Å². The van der Waals surface area contributed by atoms with Gasteiger partial charge in [0.25, 0.3) is 0 Å². The van der Waals surface area contributed by atoms with Crippen LogP contribution in [0.1, 0.15) is 5.56 Å². The first-order valence-electron chi connectivity index (χ1n) is 6.28. The van der Waals surface area contributed by atoms with Gasteiger partial charge in [-0.1, -0.05) is 24.3 Å². The molecule has 1 N–H and O–H groups in total. The maximum absolute atomic E-state index is 13.1. The van der Waals surface area contributed by atoms with Gasteiger partial charge in [0.15, 0.2) is 5.65 Å². The molecular formula is C15H8F3N3. The van der Waals surface area contributed by atoms with E-state index in [-0.39, 0.29) is 5.52 Å². The lowest BCUT2D eigenvalue weighted by Gasteiger charge is -2.06. The minimum atomic E-state index is -4.42. The molecule has 6 heteroatoms. The molecular weight excluding hydrogens is 279 g/mol. The number of alkyl halides is 3. The summed E-state index contributed by atoms with van der Waals surface area (Å²) in [5.41, 5.74) is 1.43. The maximum Gasteiger partial charge on any atom is 0.418 e. The molecule has 4 aromatic rings. The van der Waals surface area contributed by atoms with E-state index in [0.717, 1.165) is 6.07 Å². The minimum Gasteiger partial charge on any atom is -0.337 e. The van der Waals surface area contributed by atoms with Crippen molar-refractivity contribution in [3.05, 3.63) is 48.0 Å². The van der Waals surface area contributed by atoms with Crippen molar-refractivity contribution < 1.29 is 13.2 Å². The molecule has 0 spiro atoms. The summed E-state index contributed by atoms with van der Waals surface area (Å²) in [5, 5.41) is 0.429. The van der Waals surface area contributed by atoms with Crippen LogP contribution in [0.4, 0.5) is 13.2 Å². The molecule has 2 aromatic heterocycles. The quantitative estimate of drug-likeness (QED) is 0.524. The smallest absolute Gasteiger partial charge is 0.337 e. The lowest BCUT2D eigenvalue weighted by Crippen LogP contribution is -2.05. The van der Waals surface area contributed by atoms with Gasteiger partial charge in [-0.25, -0.2) is 9.97 Å². The van der Waals surface area contributed by atoms with Crippen LogP contribution in [0.15, 0.2) is 42.5 Å². The van der Waals surface area contributed by atoms with Crippen molar-refractivity contribution in [2.45, 2.75) is 6.18 Å². The van der Waals surface area contributed by atoms with Crippen LogP contribution in [0.5, 0.6) is 0 Å². The van der Waals surface area contributed by atoms with Crippen LogP contribution < -0.4 is 0 Å². The third kappa shape index (κ3) is 1.75. The van der Waals surface area contributed by atoms with Gasteiger partial charge in [-0.3, -0.25) is 0 Å². The Bertz CT molecular complexity index is 986. The summed E-state index contributed by atoms with van der Waals surface area (Å²) in [6, 6.07) is 11.2. The average molecular weight is 287 g/mol. The van der Waals surface area contributed by atoms with Crippen LogP contribution >= 0.6 is 0 Å². The van der Waals surface area contributed by atoms with E-state index < -0.39 is 11.7 Å². The molecule has 3 nitrogen and oxygen atoms in total. The Morgan fingerprint density at radius 3 is 2.29 bits per heavy atom. The van der Waals surface area contributed by atoms with E-state index in [1.165, 1.54) is 6.07 Å². The highest BCUT2D eigenvalue weighted by Gasteiger charge is 2.33. The summed E-state index contributed by atoms with van der Waals surface area (Å²) in [7, 11) is 0. The van der Waals surface area contributed by atoms with Crippen LogP contribution in [0.3, 0.4) is 0 Å². The van der Waals surface area contributed by atoms with Crippen LogP contribution in [0.2, 0.25) is 0 Å². The molecule has 0 fully saturated rings. The number of benzene rings is 2. The topological polar surface area (TPSA) is 41.6 Å². The second kappa shape index (κ2) is 3.94. The summed E-state index contributed by atoms with van der Waals surface area (Å²) in [4.78, 5) is 11.5. The van der Waals surface area contributed by atoms with Crippen LogP contribution in [-0.2, 0) is 6.18 Å². The molecule has 0 radical (unpaired) electrons. The van der Waals surface area contributed by atoms with Gasteiger partial charge in [-0.05, 0) is 18.2 Å². The highest BCUT2D eigenvalue weighted by atomic mass is 19.4. The maximum atomic E-state index is 13.1. The lowest BCUT2D eigenvalue weighted by molar-refractivity contribution is -0.136. The highest BCUT2D eigenvalue weighted by molar-refractivity contribution is 6.06. The monoisotopic (exact) mass is 287 g/mol. The highest BCUT2D eigenvalue weighted by Crippen LogP contribution is 2.36. The molecule has 2 heterocycles. The van der Waals surface area contributed by atoms with Crippen molar-refractivity contribution in [3.8, 4) is 0 Å². The zero-order valence-electron chi connectivity index (χ0n) is 10.6. The molecule has 0 unspecified atom stereocenters. The Morgan fingerprint density at radius 2 is 1.57 bits per heavy atom. The molecule has 2 aromatic carbocycles. The van der Waals surface area contributed by atoms with Crippen molar-refractivity contribution in [2.24, 2.45) is 0 Å². The second-order valence-electron chi connectivity index (χ2n) is 4.76. The lowest BCUT2D eigenvalue weighted by atomic mass is 10.1. The molecule has 0 bridgehead atoms. The van der Waals surface area contributed by atoms with E-state index in [9.17, 15) is 13.2 Å². The third-order valence-electron chi connectivity index (χ3n) is 3.44. The average Bonchev–Trinajstić information content (AvgIpc) is 2.81. The van der Waals surface area contributed by atoms with Gasteiger partial charge < -0.3 is 4.98 Å². The van der Waals surface area contributed by atoms with Gasteiger partial charge in [-0.15, -0.1) is 0 Å². The number of aromatic amines is 1. The van der Waals surface area contributed by atoms with Gasteiger partial charge in [-0.2, -0.15) is 13.2 Å². The number of nitrogens with one attached hydrogen (secondary N) is 1. The van der Waals surface area contributed by atoms with E-state index >= 15 is 0 Å². The molecule has 21 heavy (non-hydrogen) atoms. The fourth-order valence-electron chi connectivity index (χ4n) is 2.51. The SMILES string of the molecule is FC(F)(F)c1cccc2c1[nH]c1nc3ccccc3nc12. The zero-order chi connectivity index (χ0) is 14.6. The van der Waals surface area contributed by atoms with Gasteiger partial charge in [0.2, 0.25) is 0 Å². The number of nitrogens with zero attached hydrogens (tertiary/aromatic N) is 2. The molecule has 0 saturated heterocycles. The predicted molar refractivity (Wildman–Crippen MR) is 73.9 cm³/mol. The standard InChI is InChI=1S/C15H8F3N3/c16-15(17,18)9-5-3-4-8-12(9)21-14-13(8)19-10-6-1-2-7-11(10)20-14/h1-7H,(H,20,21). The Balaban J connectivity index is 2.18. The van der Waals surface area contributed by atoms with Gasteiger partial charge in [0, 0.05) is 5.39 Å². The Hall–Kier alpha value is -2.63. The second-order valence-corrected chi connectivity index (χ2v) is 4.76. The first-order valence-corrected chi connectivity index (χ1v) is 6.28. The summed E-state index contributed by atoms with van der Waals surface area (Å²) in [6.45, 7) is 0. The third-order valence-corrected chi connectivity index (χ3v) is 3.44. The van der Waals surface area contributed by atoms with Gasteiger partial charge in [0.1, 0.15) is 5.52 Å². The number of hydrogen-bond acceptors (Lipinski definition) is 2. The molecule has 0 aliphatic heterocycles. The number of H-pyrrole nitrogens is 1. The number of rotatable bonds is 0. The number of halogens is 3. The Labute approximate surface area is 116 Å². The summed E-state index contributed by atoms with van der Waals surface area (Å²) < 4.78 is 39.2. The molecule has 0 atom stereocenters. The van der Waals surface area contributed by atoms with E-state index in [1.807, 2.05) is 12.1 Å². The van der Waals surface area contributed by atoms with E-state index in [1.54, 1.807) is 18.2 Å². The van der Waals surface area contributed by atoms with Crippen LogP contribution in [-0.4, -0.2) is 15.0 Å².